The summed E-state index contributed by atoms with van der Waals surface area (Å²) in [6, 6.07) is 3.61. The lowest BCUT2D eigenvalue weighted by molar-refractivity contribution is 0.341. The molecule has 0 radical (unpaired) electrons. The van der Waals surface area contributed by atoms with Gasteiger partial charge in [0.1, 0.15) is 11.6 Å². The Morgan fingerprint density at radius 1 is 0.952 bits per heavy atom. The maximum atomic E-state index is 13.0. The van der Waals surface area contributed by atoms with Crippen LogP contribution in [-0.4, -0.2) is 35.7 Å². The number of aromatic nitrogens is 3. The van der Waals surface area contributed by atoms with Crippen molar-refractivity contribution in [1.29, 1.82) is 0 Å². The van der Waals surface area contributed by atoms with E-state index in [1.54, 1.807) is 0 Å². The van der Waals surface area contributed by atoms with Crippen LogP contribution >= 0.6 is 0 Å². The smallest absolute Gasteiger partial charge is 0.324 e. The molecule has 0 aliphatic rings. The van der Waals surface area contributed by atoms with Crippen molar-refractivity contribution in [3.05, 3.63) is 35.4 Å². The van der Waals surface area contributed by atoms with Crippen LogP contribution in [0.1, 0.15) is 5.56 Å². The molecule has 1 heterocycles. The summed E-state index contributed by atoms with van der Waals surface area (Å²) < 4.78 is 35.9. The highest BCUT2D eigenvalue weighted by Crippen LogP contribution is 2.13. The molecule has 1 N–H and O–H groups in total. The van der Waals surface area contributed by atoms with E-state index in [0.29, 0.717) is 18.5 Å². The molecule has 2 aromatic rings. The zero-order chi connectivity index (χ0) is 15.2. The van der Waals surface area contributed by atoms with Crippen LogP contribution in [0.3, 0.4) is 0 Å². The average molecular weight is 296 g/mol. The van der Waals surface area contributed by atoms with Gasteiger partial charge < -0.3 is 14.8 Å². The maximum absolute atomic E-state index is 13.0. The van der Waals surface area contributed by atoms with Gasteiger partial charge in [-0.25, -0.2) is 8.78 Å². The van der Waals surface area contributed by atoms with E-state index in [-0.39, 0.29) is 18.0 Å². The second kappa shape index (κ2) is 6.78. The first-order valence-corrected chi connectivity index (χ1v) is 6.13. The van der Waals surface area contributed by atoms with Crippen molar-refractivity contribution in [2.45, 2.75) is 6.42 Å². The van der Waals surface area contributed by atoms with Crippen molar-refractivity contribution in [2.75, 3.05) is 26.1 Å². The van der Waals surface area contributed by atoms with Gasteiger partial charge in [-0.15, -0.1) is 4.98 Å². The number of nitrogens with one attached hydrogen (secondary N) is 1. The van der Waals surface area contributed by atoms with Gasteiger partial charge in [0, 0.05) is 12.6 Å². The van der Waals surface area contributed by atoms with Crippen LogP contribution in [0.4, 0.5) is 14.7 Å². The summed E-state index contributed by atoms with van der Waals surface area (Å²) >= 11 is 0. The Hall–Kier alpha value is -2.51. The number of nitrogens with zero attached hydrogens (tertiary/aromatic N) is 3. The third-order valence-corrected chi connectivity index (χ3v) is 2.58. The number of rotatable bonds is 6. The molecule has 0 amide bonds. The predicted molar refractivity (Wildman–Crippen MR) is 71.5 cm³/mol. The fourth-order valence-corrected chi connectivity index (χ4v) is 1.67. The minimum atomic E-state index is -0.603. The number of halogens is 2. The van der Waals surface area contributed by atoms with Crippen LogP contribution < -0.4 is 14.8 Å². The van der Waals surface area contributed by atoms with Crippen LogP contribution in [0.5, 0.6) is 12.0 Å². The van der Waals surface area contributed by atoms with Crippen molar-refractivity contribution >= 4 is 5.95 Å². The Balaban J connectivity index is 1.99. The first-order chi connectivity index (χ1) is 10.1. The van der Waals surface area contributed by atoms with E-state index in [1.807, 2.05) is 0 Å². The first-order valence-electron chi connectivity index (χ1n) is 6.13. The molecule has 1 aromatic carbocycles. The second-order valence-electron chi connectivity index (χ2n) is 4.09. The van der Waals surface area contributed by atoms with Gasteiger partial charge in [-0.1, -0.05) is 0 Å². The quantitative estimate of drug-likeness (QED) is 0.877. The zero-order valence-corrected chi connectivity index (χ0v) is 11.6. The molecular formula is C13H14F2N4O2. The highest BCUT2D eigenvalue weighted by molar-refractivity contribution is 5.28. The van der Waals surface area contributed by atoms with E-state index in [2.05, 4.69) is 20.3 Å². The molecular weight excluding hydrogens is 282 g/mol. The topological polar surface area (TPSA) is 69.2 Å². The van der Waals surface area contributed by atoms with E-state index in [4.69, 9.17) is 9.47 Å². The summed E-state index contributed by atoms with van der Waals surface area (Å²) in [5, 5.41) is 2.91. The Labute approximate surface area is 120 Å². The maximum Gasteiger partial charge on any atom is 0.324 e. The van der Waals surface area contributed by atoms with E-state index in [1.165, 1.54) is 26.4 Å². The van der Waals surface area contributed by atoms with Crippen LogP contribution in [0, 0.1) is 11.6 Å². The van der Waals surface area contributed by atoms with E-state index in [0.717, 1.165) is 6.07 Å². The molecule has 0 unspecified atom stereocenters. The molecule has 0 atom stereocenters. The molecule has 0 fully saturated rings. The molecule has 1 aromatic heterocycles. The lowest BCUT2D eigenvalue weighted by Crippen LogP contribution is -2.10. The summed E-state index contributed by atoms with van der Waals surface area (Å²) in [6.45, 7) is 0.388. The molecule has 0 bridgehead atoms. The third kappa shape index (κ3) is 4.23. The molecule has 0 aliphatic carbocycles. The van der Waals surface area contributed by atoms with Gasteiger partial charge in [0.15, 0.2) is 0 Å². The van der Waals surface area contributed by atoms with Gasteiger partial charge >= 0.3 is 12.0 Å². The van der Waals surface area contributed by atoms with Crippen molar-refractivity contribution in [1.82, 2.24) is 15.0 Å². The zero-order valence-electron chi connectivity index (χ0n) is 11.6. The van der Waals surface area contributed by atoms with Gasteiger partial charge in [-0.3, -0.25) is 0 Å². The standard InChI is InChI=1S/C13H14F2N4O2/c1-20-12-17-11(18-13(19-12)21-2)16-4-3-8-5-9(14)7-10(15)6-8/h5-7H,3-4H2,1-2H3,(H,16,17,18,19). The summed E-state index contributed by atoms with van der Waals surface area (Å²) in [5.74, 6) is -0.947. The van der Waals surface area contributed by atoms with Crippen LogP contribution in [0.25, 0.3) is 0 Å². The summed E-state index contributed by atoms with van der Waals surface area (Å²) in [7, 11) is 2.85. The molecule has 0 saturated heterocycles. The van der Waals surface area contributed by atoms with Crippen LogP contribution in [-0.2, 0) is 6.42 Å². The normalized spacial score (nSPS) is 10.3. The van der Waals surface area contributed by atoms with Crippen LogP contribution in [0.15, 0.2) is 18.2 Å². The third-order valence-electron chi connectivity index (χ3n) is 2.58. The Morgan fingerprint density at radius 2 is 1.52 bits per heavy atom. The molecule has 112 valence electrons. The van der Waals surface area contributed by atoms with Gasteiger partial charge in [0.05, 0.1) is 14.2 Å². The minimum absolute atomic E-state index is 0.112. The van der Waals surface area contributed by atoms with Gasteiger partial charge in [0.2, 0.25) is 5.95 Å². The predicted octanol–water partition coefficient (Wildman–Crippen LogP) is 1.82. The fraction of sp³-hybridized carbons (Fsp3) is 0.308. The van der Waals surface area contributed by atoms with Crippen molar-refractivity contribution in [3.8, 4) is 12.0 Å². The first kappa shape index (κ1) is 14.9. The average Bonchev–Trinajstić information content (AvgIpc) is 2.45. The highest BCUT2D eigenvalue weighted by atomic mass is 19.1. The van der Waals surface area contributed by atoms with E-state index >= 15 is 0 Å². The molecule has 0 aliphatic heterocycles. The van der Waals surface area contributed by atoms with Gasteiger partial charge in [0.25, 0.3) is 0 Å². The lowest BCUT2D eigenvalue weighted by atomic mass is 10.1. The number of hydrogen-bond donors (Lipinski definition) is 1. The second-order valence-corrected chi connectivity index (χ2v) is 4.09. The monoisotopic (exact) mass is 296 g/mol. The van der Waals surface area contributed by atoms with E-state index in [9.17, 15) is 8.78 Å². The number of hydrogen-bond acceptors (Lipinski definition) is 6. The molecule has 0 spiro atoms. The molecule has 8 heteroatoms. The Bertz CT molecular complexity index is 583. The van der Waals surface area contributed by atoms with Crippen molar-refractivity contribution in [3.63, 3.8) is 0 Å². The summed E-state index contributed by atoms with van der Waals surface area (Å²) in [5.41, 5.74) is 0.535. The summed E-state index contributed by atoms with van der Waals surface area (Å²) in [4.78, 5) is 11.8. The molecule has 2 rings (SSSR count). The van der Waals surface area contributed by atoms with Gasteiger partial charge in [-0.05, 0) is 24.1 Å². The van der Waals surface area contributed by atoms with Crippen LogP contribution in [0.2, 0.25) is 0 Å². The lowest BCUT2D eigenvalue weighted by Gasteiger charge is -2.07. The van der Waals surface area contributed by atoms with Gasteiger partial charge in [-0.2, -0.15) is 9.97 Å². The summed E-state index contributed by atoms with van der Waals surface area (Å²) in [6.07, 6.45) is 0.408. The SMILES string of the molecule is COc1nc(NCCc2cc(F)cc(F)c2)nc(OC)n1. The highest BCUT2D eigenvalue weighted by Gasteiger charge is 2.07. The largest absolute Gasteiger partial charge is 0.467 e. The Kier molecular flexibility index (Phi) is 4.81. The molecule has 21 heavy (non-hydrogen) atoms. The van der Waals surface area contributed by atoms with E-state index < -0.39 is 11.6 Å². The van der Waals surface area contributed by atoms with Crippen molar-refractivity contribution in [2.24, 2.45) is 0 Å². The number of ether oxygens (including phenoxy) is 2. The van der Waals surface area contributed by atoms with Crippen molar-refractivity contribution < 1.29 is 18.3 Å². The fourth-order valence-electron chi connectivity index (χ4n) is 1.67. The number of anilines is 1. The minimum Gasteiger partial charge on any atom is -0.467 e. The number of benzene rings is 1. The number of methoxy groups -OCH3 is 2. The molecule has 6 nitrogen and oxygen atoms in total. The molecule has 0 saturated carbocycles. The Morgan fingerprint density at radius 3 is 2.05 bits per heavy atom.